The Morgan fingerprint density at radius 3 is 2.47 bits per heavy atom. The molecule has 3 nitrogen and oxygen atoms in total. The third kappa shape index (κ3) is 9.74. The molecule has 5 heteroatoms. The summed E-state index contributed by atoms with van der Waals surface area (Å²) in [7, 11) is 0. The number of nitrogens with two attached hydrogens (primary N) is 1. The summed E-state index contributed by atoms with van der Waals surface area (Å²) in [5, 5.41) is 3.05. The molecule has 104 valence electrons. The van der Waals surface area contributed by atoms with Crippen molar-refractivity contribution < 1.29 is 4.79 Å². The molecule has 0 bridgehead atoms. The van der Waals surface area contributed by atoms with E-state index in [0.717, 1.165) is 18.6 Å². The van der Waals surface area contributed by atoms with Crippen molar-refractivity contribution in [3.63, 3.8) is 0 Å². The van der Waals surface area contributed by atoms with Crippen molar-refractivity contribution in [1.82, 2.24) is 5.32 Å². The van der Waals surface area contributed by atoms with Crippen molar-refractivity contribution in [2.75, 3.05) is 18.1 Å². The molecule has 0 aromatic carbocycles. The molecule has 17 heavy (non-hydrogen) atoms. The second-order valence-corrected chi connectivity index (χ2v) is 6.07. The van der Waals surface area contributed by atoms with Crippen LogP contribution in [0, 0.1) is 5.92 Å². The molecule has 0 saturated heterocycles. The van der Waals surface area contributed by atoms with Crippen LogP contribution in [-0.2, 0) is 4.79 Å². The van der Waals surface area contributed by atoms with Crippen molar-refractivity contribution in [2.24, 2.45) is 11.7 Å². The minimum absolute atomic E-state index is 0. The number of carbonyl (C=O) groups excluding carboxylic acids is 1. The average Bonchev–Trinajstić information content (AvgIpc) is 2.16. The van der Waals surface area contributed by atoms with Gasteiger partial charge in [-0.3, -0.25) is 4.79 Å². The first kappa shape index (κ1) is 19.4. The Balaban J connectivity index is 0. The van der Waals surface area contributed by atoms with Gasteiger partial charge in [-0.2, -0.15) is 11.8 Å². The van der Waals surface area contributed by atoms with Gasteiger partial charge in [0.1, 0.15) is 0 Å². The molecule has 0 aromatic heterocycles. The van der Waals surface area contributed by atoms with Crippen LogP contribution in [0.25, 0.3) is 0 Å². The van der Waals surface area contributed by atoms with Gasteiger partial charge in [-0.25, -0.2) is 0 Å². The zero-order chi connectivity index (χ0) is 12.6. The molecule has 0 aliphatic rings. The van der Waals surface area contributed by atoms with E-state index in [4.69, 9.17) is 5.73 Å². The fraction of sp³-hybridized carbons (Fsp3) is 0.917. The number of nitrogens with one attached hydrogen (secondary N) is 1. The number of carbonyl (C=O) groups is 1. The zero-order valence-electron chi connectivity index (χ0n) is 11.4. The van der Waals surface area contributed by atoms with E-state index < -0.39 is 0 Å². The molecular weight excluding hydrogens is 256 g/mol. The van der Waals surface area contributed by atoms with E-state index in [2.05, 4.69) is 26.1 Å². The molecule has 1 atom stereocenters. The van der Waals surface area contributed by atoms with E-state index in [-0.39, 0.29) is 23.9 Å². The third-order valence-corrected chi connectivity index (χ3v) is 3.50. The summed E-state index contributed by atoms with van der Waals surface area (Å²) in [6.45, 7) is 8.93. The van der Waals surface area contributed by atoms with E-state index in [9.17, 15) is 4.79 Å². The molecule has 0 aliphatic carbocycles. The molecule has 0 spiro atoms. The normalized spacial score (nSPS) is 14.0. The molecule has 0 aromatic rings. The largest absolute Gasteiger partial charge is 0.349 e. The molecule has 0 radical (unpaired) electrons. The van der Waals surface area contributed by atoms with Gasteiger partial charge in [-0.05, 0) is 31.4 Å². The van der Waals surface area contributed by atoms with Gasteiger partial charge < -0.3 is 11.1 Å². The van der Waals surface area contributed by atoms with Crippen molar-refractivity contribution in [3.05, 3.63) is 0 Å². The molecule has 0 heterocycles. The van der Waals surface area contributed by atoms with Crippen LogP contribution in [0.15, 0.2) is 0 Å². The summed E-state index contributed by atoms with van der Waals surface area (Å²) in [5.74, 6) is 2.22. The van der Waals surface area contributed by atoms with E-state index >= 15 is 0 Å². The molecule has 3 N–H and O–H groups in total. The molecule has 0 aliphatic heterocycles. The van der Waals surface area contributed by atoms with Crippen molar-refractivity contribution in [2.45, 2.75) is 46.1 Å². The topological polar surface area (TPSA) is 55.1 Å². The Bertz CT molecular complexity index is 215. The van der Waals surface area contributed by atoms with Crippen molar-refractivity contribution in [1.29, 1.82) is 0 Å². The van der Waals surface area contributed by atoms with Gasteiger partial charge in [0.25, 0.3) is 0 Å². The predicted molar refractivity (Wildman–Crippen MR) is 79.9 cm³/mol. The molecular formula is C12H27ClN2OS. The average molecular weight is 283 g/mol. The second kappa shape index (κ2) is 10.0. The Kier molecular flexibility index (Phi) is 11.5. The van der Waals surface area contributed by atoms with Gasteiger partial charge >= 0.3 is 0 Å². The Morgan fingerprint density at radius 1 is 1.47 bits per heavy atom. The van der Waals surface area contributed by atoms with Crippen LogP contribution in [0.4, 0.5) is 0 Å². The van der Waals surface area contributed by atoms with Gasteiger partial charge in [0, 0.05) is 12.1 Å². The molecule has 1 unspecified atom stereocenters. The lowest BCUT2D eigenvalue weighted by molar-refractivity contribution is -0.120. The highest BCUT2D eigenvalue weighted by molar-refractivity contribution is 7.99. The van der Waals surface area contributed by atoms with Gasteiger partial charge in [-0.15, -0.1) is 12.4 Å². The standard InChI is InChI=1S/C12H26N2OS.ClH/c1-5-6-16-8-11(15)14-12(4,9-13)7-10(2)3;/h10H,5-9,13H2,1-4H3,(H,14,15);1H. The van der Waals surface area contributed by atoms with E-state index in [1.165, 1.54) is 0 Å². The van der Waals surface area contributed by atoms with Gasteiger partial charge in [-0.1, -0.05) is 20.8 Å². The van der Waals surface area contributed by atoms with Crippen molar-refractivity contribution >= 4 is 30.1 Å². The minimum atomic E-state index is -0.252. The number of hydrogen-bond acceptors (Lipinski definition) is 3. The highest BCUT2D eigenvalue weighted by Crippen LogP contribution is 2.15. The Hall–Kier alpha value is 0.0700. The number of amides is 1. The van der Waals surface area contributed by atoms with Crippen LogP contribution in [0.3, 0.4) is 0 Å². The first-order chi connectivity index (χ1) is 7.43. The summed E-state index contributed by atoms with van der Waals surface area (Å²) >= 11 is 1.68. The maximum atomic E-state index is 11.7. The van der Waals surface area contributed by atoms with Gasteiger partial charge in [0.15, 0.2) is 0 Å². The monoisotopic (exact) mass is 282 g/mol. The number of rotatable bonds is 8. The molecule has 0 fully saturated rings. The maximum absolute atomic E-state index is 11.7. The van der Waals surface area contributed by atoms with E-state index in [1.54, 1.807) is 11.8 Å². The fourth-order valence-corrected chi connectivity index (χ4v) is 2.46. The Labute approximate surface area is 116 Å². The second-order valence-electron chi connectivity index (χ2n) is 4.96. The first-order valence-corrected chi connectivity index (χ1v) is 7.18. The maximum Gasteiger partial charge on any atom is 0.230 e. The fourth-order valence-electron chi connectivity index (χ4n) is 1.77. The van der Waals surface area contributed by atoms with Crippen LogP contribution in [0.5, 0.6) is 0 Å². The summed E-state index contributed by atoms with van der Waals surface area (Å²) in [5.41, 5.74) is 5.48. The molecule has 0 rings (SSSR count). The van der Waals surface area contributed by atoms with Crippen LogP contribution >= 0.6 is 24.2 Å². The summed E-state index contributed by atoms with van der Waals surface area (Å²) < 4.78 is 0. The highest BCUT2D eigenvalue weighted by atomic mass is 35.5. The summed E-state index contributed by atoms with van der Waals surface area (Å²) in [4.78, 5) is 11.7. The SMILES string of the molecule is CCCSCC(=O)NC(C)(CN)CC(C)C.Cl. The lowest BCUT2D eigenvalue weighted by Crippen LogP contribution is -2.52. The molecule has 1 amide bonds. The lowest BCUT2D eigenvalue weighted by Gasteiger charge is -2.31. The zero-order valence-corrected chi connectivity index (χ0v) is 13.0. The van der Waals surface area contributed by atoms with Crippen LogP contribution < -0.4 is 11.1 Å². The van der Waals surface area contributed by atoms with E-state index in [1.807, 2.05) is 6.92 Å². The number of thioether (sulfide) groups is 1. The van der Waals surface area contributed by atoms with E-state index in [0.29, 0.717) is 18.2 Å². The third-order valence-electron chi connectivity index (χ3n) is 2.33. The number of halogens is 1. The predicted octanol–water partition coefficient (Wildman–Crippen LogP) is 2.43. The quantitative estimate of drug-likeness (QED) is 0.673. The van der Waals surface area contributed by atoms with Crippen LogP contribution in [0.2, 0.25) is 0 Å². The van der Waals surface area contributed by atoms with Crippen molar-refractivity contribution in [3.8, 4) is 0 Å². The highest BCUT2D eigenvalue weighted by Gasteiger charge is 2.25. The smallest absolute Gasteiger partial charge is 0.230 e. The first-order valence-electron chi connectivity index (χ1n) is 6.02. The van der Waals surface area contributed by atoms with Gasteiger partial charge in [0.05, 0.1) is 5.75 Å². The lowest BCUT2D eigenvalue weighted by atomic mass is 9.91. The number of hydrogen-bond donors (Lipinski definition) is 2. The summed E-state index contributed by atoms with van der Waals surface area (Å²) in [6, 6.07) is 0. The minimum Gasteiger partial charge on any atom is -0.349 e. The molecule has 0 saturated carbocycles. The Morgan fingerprint density at radius 2 is 2.06 bits per heavy atom. The van der Waals surface area contributed by atoms with Crippen LogP contribution in [-0.4, -0.2) is 29.5 Å². The van der Waals surface area contributed by atoms with Crippen LogP contribution in [0.1, 0.15) is 40.5 Å². The summed E-state index contributed by atoms with van der Waals surface area (Å²) in [6.07, 6.45) is 2.03. The van der Waals surface area contributed by atoms with Gasteiger partial charge in [0.2, 0.25) is 5.91 Å².